The SMILES string of the molecule is NC1=c2[nH]ccc2=CCN1. The third kappa shape index (κ3) is 0.603. The monoisotopic (exact) mass is 135 g/mol. The summed E-state index contributed by atoms with van der Waals surface area (Å²) in [5.41, 5.74) is 5.65. The molecule has 10 heavy (non-hydrogen) atoms. The predicted molar refractivity (Wildman–Crippen MR) is 40.1 cm³/mol. The molecule has 2 rings (SSSR count). The van der Waals surface area contributed by atoms with E-state index in [1.54, 1.807) is 0 Å². The Balaban J connectivity index is 2.91. The molecule has 0 bridgehead atoms. The van der Waals surface area contributed by atoms with E-state index in [2.05, 4.69) is 16.4 Å². The van der Waals surface area contributed by atoms with Crippen LogP contribution in [-0.4, -0.2) is 11.5 Å². The molecule has 0 aliphatic carbocycles. The molecule has 0 fully saturated rings. The maximum atomic E-state index is 5.65. The zero-order valence-electron chi connectivity index (χ0n) is 5.52. The highest BCUT2D eigenvalue weighted by Crippen LogP contribution is 1.76. The van der Waals surface area contributed by atoms with Crippen molar-refractivity contribution in [3.8, 4) is 0 Å². The van der Waals surface area contributed by atoms with Crippen molar-refractivity contribution in [2.45, 2.75) is 0 Å². The Labute approximate surface area is 58.2 Å². The fourth-order valence-corrected chi connectivity index (χ4v) is 1.14. The lowest BCUT2D eigenvalue weighted by Crippen LogP contribution is -2.39. The third-order valence-corrected chi connectivity index (χ3v) is 1.66. The van der Waals surface area contributed by atoms with Gasteiger partial charge in [-0.2, -0.15) is 0 Å². The van der Waals surface area contributed by atoms with Crippen LogP contribution in [0.5, 0.6) is 0 Å². The van der Waals surface area contributed by atoms with Crippen molar-refractivity contribution in [1.29, 1.82) is 0 Å². The second-order valence-electron chi connectivity index (χ2n) is 2.31. The minimum atomic E-state index is 0.738. The number of aromatic nitrogens is 1. The van der Waals surface area contributed by atoms with Gasteiger partial charge in [0.1, 0.15) is 5.82 Å². The summed E-state index contributed by atoms with van der Waals surface area (Å²) >= 11 is 0. The predicted octanol–water partition coefficient (Wildman–Crippen LogP) is -1.58. The van der Waals surface area contributed by atoms with Gasteiger partial charge in [-0.25, -0.2) is 0 Å². The molecule has 1 aromatic rings. The van der Waals surface area contributed by atoms with Crippen LogP contribution in [0, 0.1) is 0 Å². The molecular formula is C7H9N3. The van der Waals surface area contributed by atoms with Crippen LogP contribution >= 0.6 is 0 Å². The molecule has 1 aromatic heterocycles. The first kappa shape index (κ1) is 5.41. The van der Waals surface area contributed by atoms with Crippen LogP contribution in [0.2, 0.25) is 0 Å². The number of nitrogens with one attached hydrogen (secondary N) is 2. The number of nitrogens with two attached hydrogens (primary N) is 1. The Hall–Kier alpha value is -1.38. The van der Waals surface area contributed by atoms with Gasteiger partial charge in [-0.1, -0.05) is 6.08 Å². The summed E-state index contributed by atoms with van der Waals surface area (Å²) in [6, 6.07) is 2.02. The lowest BCUT2D eigenvalue weighted by molar-refractivity contribution is 0.972. The molecule has 0 saturated heterocycles. The lowest BCUT2D eigenvalue weighted by atomic mass is 10.3. The molecule has 1 aliphatic rings. The summed E-state index contributed by atoms with van der Waals surface area (Å²) in [4.78, 5) is 3.05. The van der Waals surface area contributed by atoms with Gasteiger partial charge in [-0.15, -0.1) is 0 Å². The zero-order valence-corrected chi connectivity index (χ0v) is 5.52. The van der Waals surface area contributed by atoms with E-state index in [0.29, 0.717) is 0 Å². The molecule has 0 unspecified atom stereocenters. The van der Waals surface area contributed by atoms with Crippen molar-refractivity contribution in [3.63, 3.8) is 0 Å². The van der Waals surface area contributed by atoms with Crippen molar-refractivity contribution in [2.24, 2.45) is 5.73 Å². The average molecular weight is 135 g/mol. The molecule has 2 heterocycles. The Morgan fingerprint density at radius 3 is 3.20 bits per heavy atom. The highest BCUT2D eigenvalue weighted by Gasteiger charge is 1.97. The number of hydrogen-bond donors (Lipinski definition) is 3. The molecule has 52 valence electrons. The third-order valence-electron chi connectivity index (χ3n) is 1.66. The second kappa shape index (κ2) is 1.80. The molecular weight excluding hydrogens is 126 g/mol. The summed E-state index contributed by atoms with van der Waals surface area (Å²) in [5.74, 6) is 0.738. The highest BCUT2D eigenvalue weighted by atomic mass is 15.0. The number of hydrogen-bond acceptors (Lipinski definition) is 2. The second-order valence-corrected chi connectivity index (χ2v) is 2.31. The van der Waals surface area contributed by atoms with Gasteiger partial charge in [0.25, 0.3) is 0 Å². The first-order chi connectivity index (χ1) is 4.88. The summed E-state index contributed by atoms with van der Waals surface area (Å²) in [7, 11) is 0. The molecule has 0 saturated carbocycles. The van der Waals surface area contributed by atoms with E-state index in [9.17, 15) is 0 Å². The Kier molecular flexibility index (Phi) is 0.974. The van der Waals surface area contributed by atoms with Crippen molar-refractivity contribution in [1.82, 2.24) is 10.3 Å². The van der Waals surface area contributed by atoms with Crippen molar-refractivity contribution in [3.05, 3.63) is 22.8 Å². The lowest BCUT2D eigenvalue weighted by Gasteiger charge is -2.04. The summed E-state index contributed by atoms with van der Waals surface area (Å²) in [6.45, 7) is 0.830. The van der Waals surface area contributed by atoms with Crippen LogP contribution in [0.3, 0.4) is 0 Å². The normalized spacial score (nSPS) is 15.4. The van der Waals surface area contributed by atoms with Gasteiger partial charge in [0, 0.05) is 18.0 Å². The first-order valence-electron chi connectivity index (χ1n) is 3.25. The molecule has 3 nitrogen and oxygen atoms in total. The summed E-state index contributed by atoms with van der Waals surface area (Å²) in [5, 5.41) is 5.23. The number of aromatic amines is 1. The van der Waals surface area contributed by atoms with Gasteiger partial charge in [0.05, 0.1) is 5.35 Å². The van der Waals surface area contributed by atoms with Gasteiger partial charge in [0.2, 0.25) is 0 Å². The number of fused-ring (bicyclic) bond motifs is 1. The van der Waals surface area contributed by atoms with Crippen molar-refractivity contribution >= 4 is 11.9 Å². The Morgan fingerprint density at radius 1 is 1.50 bits per heavy atom. The van der Waals surface area contributed by atoms with Crippen LogP contribution in [0.15, 0.2) is 12.3 Å². The number of rotatable bonds is 0. The fourth-order valence-electron chi connectivity index (χ4n) is 1.14. The maximum absolute atomic E-state index is 5.65. The molecule has 0 atom stereocenters. The minimum Gasteiger partial charge on any atom is -0.384 e. The Morgan fingerprint density at radius 2 is 2.40 bits per heavy atom. The van der Waals surface area contributed by atoms with E-state index >= 15 is 0 Å². The van der Waals surface area contributed by atoms with E-state index in [1.807, 2.05) is 12.3 Å². The smallest absolute Gasteiger partial charge is 0.121 e. The molecule has 0 radical (unpaired) electrons. The molecule has 0 spiro atoms. The summed E-state index contributed by atoms with van der Waals surface area (Å²) < 4.78 is 0. The van der Waals surface area contributed by atoms with Crippen LogP contribution in [0.25, 0.3) is 11.9 Å². The topological polar surface area (TPSA) is 53.8 Å². The van der Waals surface area contributed by atoms with Crippen LogP contribution in [0.1, 0.15) is 0 Å². The van der Waals surface area contributed by atoms with Crippen molar-refractivity contribution < 1.29 is 0 Å². The van der Waals surface area contributed by atoms with E-state index in [0.717, 1.165) is 17.7 Å². The molecule has 3 heteroatoms. The zero-order chi connectivity index (χ0) is 6.97. The van der Waals surface area contributed by atoms with Gasteiger partial charge in [-0.05, 0) is 6.07 Å². The first-order valence-corrected chi connectivity index (χ1v) is 3.25. The van der Waals surface area contributed by atoms with E-state index < -0.39 is 0 Å². The quantitative estimate of drug-likeness (QED) is 0.402. The molecule has 1 aliphatic heterocycles. The highest BCUT2D eigenvalue weighted by molar-refractivity contribution is 5.44. The molecule has 0 amide bonds. The van der Waals surface area contributed by atoms with Crippen LogP contribution in [-0.2, 0) is 0 Å². The van der Waals surface area contributed by atoms with Gasteiger partial charge in [-0.3, -0.25) is 0 Å². The summed E-state index contributed by atoms with van der Waals surface area (Å²) in [6.07, 6.45) is 3.99. The maximum Gasteiger partial charge on any atom is 0.121 e. The van der Waals surface area contributed by atoms with Gasteiger partial charge >= 0.3 is 0 Å². The largest absolute Gasteiger partial charge is 0.384 e. The fraction of sp³-hybridized carbons (Fsp3) is 0.143. The van der Waals surface area contributed by atoms with Crippen LogP contribution < -0.4 is 21.6 Å². The van der Waals surface area contributed by atoms with Crippen molar-refractivity contribution in [2.75, 3.05) is 6.54 Å². The van der Waals surface area contributed by atoms with E-state index in [-0.39, 0.29) is 0 Å². The van der Waals surface area contributed by atoms with Gasteiger partial charge in [0.15, 0.2) is 0 Å². The average Bonchev–Trinajstić information content (AvgIpc) is 2.36. The van der Waals surface area contributed by atoms with Crippen LogP contribution in [0.4, 0.5) is 0 Å². The minimum absolute atomic E-state index is 0.738. The van der Waals surface area contributed by atoms with E-state index in [1.165, 1.54) is 5.22 Å². The number of H-pyrrole nitrogens is 1. The Bertz CT molecular complexity index is 347. The molecule has 4 N–H and O–H groups in total. The van der Waals surface area contributed by atoms with Gasteiger partial charge < -0.3 is 16.0 Å². The van der Waals surface area contributed by atoms with E-state index in [4.69, 9.17) is 5.73 Å². The molecule has 0 aromatic carbocycles. The standard InChI is InChI=1S/C7H9N3/c8-7-6-5(1-3-9-6)2-4-10-7/h1-3,9-10H,4,8H2.